The smallest absolute Gasteiger partial charge is 0.272 e. The second kappa shape index (κ2) is 8.08. The van der Waals surface area contributed by atoms with Crippen LogP contribution in [0.5, 0.6) is 5.75 Å². The molecule has 0 atom stereocenters. The SMILES string of the molecule is N=Cc1c(-c2c(N)c(=O)[nH]c3c(Cl)ncc(OCc4ccccc4)c23)ccc(F)c1N. The van der Waals surface area contributed by atoms with E-state index in [4.69, 9.17) is 33.2 Å². The fraction of sp³-hybridized carbons (Fsp3) is 0.0455. The summed E-state index contributed by atoms with van der Waals surface area (Å²) in [5, 5.41) is 8.14. The second-order valence-electron chi connectivity index (χ2n) is 6.75. The molecule has 0 saturated heterocycles. The Kier molecular flexibility index (Phi) is 5.31. The van der Waals surface area contributed by atoms with Crippen molar-refractivity contribution in [2.75, 3.05) is 11.5 Å². The molecule has 4 rings (SSSR count). The molecule has 0 saturated carbocycles. The van der Waals surface area contributed by atoms with Crippen LogP contribution in [0.2, 0.25) is 5.15 Å². The number of aromatic nitrogens is 2. The van der Waals surface area contributed by atoms with Crippen molar-refractivity contribution in [3.63, 3.8) is 0 Å². The maximum Gasteiger partial charge on any atom is 0.272 e. The number of H-pyrrole nitrogens is 1. The number of halogens is 2. The summed E-state index contributed by atoms with van der Waals surface area (Å²) >= 11 is 6.25. The number of benzene rings is 2. The van der Waals surface area contributed by atoms with E-state index in [1.165, 1.54) is 12.3 Å². The van der Waals surface area contributed by atoms with E-state index in [9.17, 15) is 9.18 Å². The minimum atomic E-state index is -0.685. The number of hydrogen-bond donors (Lipinski definition) is 4. The largest absolute Gasteiger partial charge is 0.487 e. The average Bonchev–Trinajstić information content (AvgIpc) is 2.77. The van der Waals surface area contributed by atoms with Crippen molar-refractivity contribution in [3.05, 3.63) is 81.1 Å². The van der Waals surface area contributed by atoms with Crippen LogP contribution in [0.15, 0.2) is 53.5 Å². The molecule has 31 heavy (non-hydrogen) atoms. The van der Waals surface area contributed by atoms with Crippen molar-refractivity contribution in [2.45, 2.75) is 6.61 Å². The van der Waals surface area contributed by atoms with Gasteiger partial charge >= 0.3 is 0 Å². The maximum atomic E-state index is 14.0. The highest BCUT2D eigenvalue weighted by atomic mass is 35.5. The number of nitrogens with one attached hydrogen (secondary N) is 2. The summed E-state index contributed by atoms with van der Waals surface area (Å²) in [5.41, 5.74) is 12.7. The molecule has 7 nitrogen and oxygen atoms in total. The average molecular weight is 438 g/mol. The Bertz CT molecular complexity index is 1370. The number of hydrogen-bond acceptors (Lipinski definition) is 6. The monoisotopic (exact) mass is 437 g/mol. The van der Waals surface area contributed by atoms with Crippen LogP contribution < -0.4 is 21.8 Å². The van der Waals surface area contributed by atoms with Crippen LogP contribution in [0.25, 0.3) is 22.0 Å². The van der Waals surface area contributed by atoms with E-state index < -0.39 is 11.4 Å². The van der Waals surface area contributed by atoms with Gasteiger partial charge in [-0.25, -0.2) is 9.37 Å². The van der Waals surface area contributed by atoms with Gasteiger partial charge in [-0.15, -0.1) is 0 Å². The molecule has 0 bridgehead atoms. The predicted molar refractivity (Wildman–Crippen MR) is 120 cm³/mol. The fourth-order valence-corrected chi connectivity index (χ4v) is 3.56. The zero-order valence-corrected chi connectivity index (χ0v) is 16.8. The Morgan fingerprint density at radius 2 is 1.90 bits per heavy atom. The molecule has 9 heteroatoms. The molecule has 0 unspecified atom stereocenters. The van der Waals surface area contributed by atoms with Crippen molar-refractivity contribution in [1.82, 2.24) is 9.97 Å². The Morgan fingerprint density at radius 1 is 1.16 bits per heavy atom. The van der Waals surface area contributed by atoms with Crippen molar-refractivity contribution in [2.24, 2.45) is 0 Å². The molecular formula is C22H17ClFN5O2. The molecule has 0 fully saturated rings. The minimum absolute atomic E-state index is 0.0342. The first-order valence-corrected chi connectivity index (χ1v) is 9.55. The lowest BCUT2D eigenvalue weighted by Gasteiger charge is -2.17. The molecule has 4 aromatic rings. The number of nitrogens with two attached hydrogens (primary N) is 2. The standard InChI is InChI=1S/C22H17ClFN5O2/c23-21-20-17(15(9-28-21)31-10-11-4-2-1-3-5-11)16(19(27)22(30)29-20)12-6-7-14(24)18(26)13(12)8-25/h1-9,25H,10,26-27H2,(H,29,30). The number of aromatic amines is 1. The fourth-order valence-electron chi connectivity index (χ4n) is 3.37. The van der Waals surface area contributed by atoms with Gasteiger partial charge in [0.25, 0.3) is 5.56 Å². The van der Waals surface area contributed by atoms with Gasteiger partial charge in [-0.05, 0) is 17.2 Å². The van der Waals surface area contributed by atoms with Crippen molar-refractivity contribution >= 4 is 40.1 Å². The van der Waals surface area contributed by atoms with Crippen LogP contribution in [0, 0.1) is 11.2 Å². The Labute approximate surface area is 181 Å². The van der Waals surface area contributed by atoms with Crippen LogP contribution >= 0.6 is 11.6 Å². The molecule has 0 radical (unpaired) electrons. The normalized spacial score (nSPS) is 10.9. The number of rotatable bonds is 5. The van der Waals surface area contributed by atoms with Gasteiger partial charge in [0.05, 0.1) is 22.8 Å². The number of fused-ring (bicyclic) bond motifs is 1. The Balaban J connectivity index is 2.02. The zero-order valence-electron chi connectivity index (χ0n) is 16.1. The number of nitrogens with zero attached hydrogens (tertiary/aromatic N) is 1. The summed E-state index contributed by atoms with van der Waals surface area (Å²) in [6, 6.07) is 12.0. The molecule has 2 aromatic carbocycles. The quantitative estimate of drug-likeness (QED) is 0.212. The van der Waals surface area contributed by atoms with E-state index in [0.717, 1.165) is 17.8 Å². The molecule has 2 heterocycles. The molecule has 2 aromatic heterocycles. The van der Waals surface area contributed by atoms with Gasteiger partial charge in [-0.3, -0.25) is 4.79 Å². The number of pyridine rings is 2. The van der Waals surface area contributed by atoms with Crippen LogP contribution in [0.3, 0.4) is 0 Å². The van der Waals surface area contributed by atoms with E-state index >= 15 is 0 Å². The summed E-state index contributed by atoms with van der Waals surface area (Å²) in [5.74, 6) is -0.379. The van der Waals surface area contributed by atoms with Crippen molar-refractivity contribution in [3.8, 4) is 16.9 Å². The van der Waals surface area contributed by atoms with Gasteiger partial charge in [0.2, 0.25) is 0 Å². The lowest BCUT2D eigenvalue weighted by atomic mass is 9.94. The topological polar surface area (TPSA) is 131 Å². The maximum absolute atomic E-state index is 14.0. The summed E-state index contributed by atoms with van der Waals surface area (Å²) in [7, 11) is 0. The van der Waals surface area contributed by atoms with Gasteiger partial charge in [0.1, 0.15) is 23.9 Å². The van der Waals surface area contributed by atoms with Gasteiger partial charge in [0, 0.05) is 17.3 Å². The molecule has 0 spiro atoms. The zero-order chi connectivity index (χ0) is 22.1. The molecule has 156 valence electrons. The summed E-state index contributed by atoms with van der Waals surface area (Å²) in [6.45, 7) is 0.223. The van der Waals surface area contributed by atoms with Gasteiger partial charge in [0.15, 0.2) is 5.15 Å². The van der Waals surface area contributed by atoms with Gasteiger partial charge in [-0.1, -0.05) is 48.0 Å². The van der Waals surface area contributed by atoms with E-state index in [1.54, 1.807) is 0 Å². The molecule has 0 aliphatic heterocycles. The highest BCUT2D eigenvalue weighted by Crippen LogP contribution is 2.41. The van der Waals surface area contributed by atoms with Crippen LogP contribution in [-0.4, -0.2) is 16.2 Å². The first-order chi connectivity index (χ1) is 14.9. The second-order valence-corrected chi connectivity index (χ2v) is 7.10. The van der Waals surface area contributed by atoms with Crippen LogP contribution in [0.4, 0.5) is 15.8 Å². The third-order valence-electron chi connectivity index (χ3n) is 4.89. The van der Waals surface area contributed by atoms with Gasteiger partial charge in [-0.2, -0.15) is 0 Å². The van der Waals surface area contributed by atoms with E-state index in [0.29, 0.717) is 16.7 Å². The molecular weight excluding hydrogens is 421 g/mol. The van der Waals surface area contributed by atoms with Crippen molar-refractivity contribution < 1.29 is 9.13 Å². The van der Waals surface area contributed by atoms with Gasteiger partial charge < -0.3 is 26.6 Å². The van der Waals surface area contributed by atoms with E-state index in [2.05, 4.69) is 9.97 Å². The summed E-state index contributed by atoms with van der Waals surface area (Å²) in [6.07, 6.45) is 2.33. The van der Waals surface area contributed by atoms with E-state index in [-0.39, 0.29) is 39.8 Å². The Hall–Kier alpha value is -3.91. The third kappa shape index (κ3) is 3.57. The minimum Gasteiger partial charge on any atom is -0.487 e. The lowest BCUT2D eigenvalue weighted by molar-refractivity contribution is 0.309. The highest BCUT2D eigenvalue weighted by molar-refractivity contribution is 6.34. The first-order valence-electron chi connectivity index (χ1n) is 9.17. The van der Waals surface area contributed by atoms with Crippen LogP contribution in [-0.2, 0) is 6.61 Å². The molecule has 6 N–H and O–H groups in total. The molecule has 0 aliphatic rings. The summed E-state index contributed by atoms with van der Waals surface area (Å²) < 4.78 is 20.0. The predicted octanol–water partition coefficient (Wildman–Crippen LogP) is 4.12. The molecule has 0 aliphatic carbocycles. The highest BCUT2D eigenvalue weighted by Gasteiger charge is 2.22. The Morgan fingerprint density at radius 3 is 2.61 bits per heavy atom. The third-order valence-corrected chi connectivity index (χ3v) is 5.17. The lowest BCUT2D eigenvalue weighted by Crippen LogP contribution is -2.15. The molecule has 0 amide bonds. The van der Waals surface area contributed by atoms with Crippen LogP contribution in [0.1, 0.15) is 11.1 Å². The van der Waals surface area contributed by atoms with Crippen molar-refractivity contribution in [1.29, 1.82) is 5.41 Å². The number of anilines is 2. The van der Waals surface area contributed by atoms with E-state index in [1.807, 2.05) is 30.3 Å². The number of nitrogen functional groups attached to an aromatic ring is 2. The summed E-state index contributed by atoms with van der Waals surface area (Å²) in [4.78, 5) is 19.3. The first kappa shape index (κ1) is 20.4. The number of ether oxygens (including phenoxy) is 1.